The van der Waals surface area contributed by atoms with Crippen LogP contribution in [0.4, 0.5) is 0 Å². The Morgan fingerprint density at radius 3 is 1.65 bits per heavy atom. The van der Waals surface area contributed by atoms with Crippen LogP contribution in [0.3, 0.4) is 0 Å². The van der Waals surface area contributed by atoms with Crippen molar-refractivity contribution in [1.29, 1.82) is 0 Å². The largest absolute Gasteiger partial charge is 0.0620 e. The highest BCUT2D eigenvalue weighted by molar-refractivity contribution is 7.52. The topological polar surface area (TPSA) is 0 Å². The van der Waals surface area contributed by atoms with Crippen molar-refractivity contribution in [2.24, 2.45) is 0 Å². The summed E-state index contributed by atoms with van der Waals surface area (Å²) in [5, 5.41) is -0.679. The van der Waals surface area contributed by atoms with Crippen molar-refractivity contribution in [3.05, 3.63) is 59.7 Å². The Bertz CT molecular complexity index is 595. The number of fused-ring (bicyclic) bond motifs is 3. The van der Waals surface area contributed by atoms with Crippen LogP contribution in [0.15, 0.2) is 48.5 Å². The standard InChI is InChI=1S/C13H8B7/c14-18-20(17)13(19(15)16)11-7-3-1-5-9(11)10-6-2-4-8-12(10)13/h1-8H. The number of benzene rings is 2. The third-order valence-corrected chi connectivity index (χ3v) is 4.29. The van der Waals surface area contributed by atoms with Crippen LogP contribution in [-0.2, 0) is 5.21 Å². The second-order valence-electron chi connectivity index (χ2n) is 5.20. The second kappa shape index (κ2) is 5.02. The number of hydrogen-bond donors (Lipinski definition) is 0. The molecule has 0 spiro atoms. The van der Waals surface area contributed by atoms with Gasteiger partial charge in [-0.25, -0.2) is 0 Å². The Balaban J connectivity index is 2.39. The highest BCUT2D eigenvalue weighted by atomic mass is 14.3. The summed E-state index contributed by atoms with van der Waals surface area (Å²) in [6.07, 6.45) is 0. The first-order chi connectivity index (χ1) is 9.64. The minimum Gasteiger partial charge on any atom is -0.0620 e. The molecule has 1 aliphatic rings. The Morgan fingerprint density at radius 1 is 0.800 bits per heavy atom. The lowest BCUT2D eigenvalue weighted by molar-refractivity contribution is 1.06. The molecule has 0 amide bonds. The minimum absolute atomic E-state index is 0.452. The van der Waals surface area contributed by atoms with Gasteiger partial charge < -0.3 is 0 Å². The zero-order valence-electron chi connectivity index (χ0n) is 11.2. The molecule has 20 heavy (non-hydrogen) atoms. The van der Waals surface area contributed by atoms with Gasteiger partial charge in [-0.1, -0.05) is 53.7 Å². The summed E-state index contributed by atoms with van der Waals surface area (Å²) in [5.74, 6) is 0. The summed E-state index contributed by atoms with van der Waals surface area (Å²) in [5.41, 5.74) is 4.35. The molecule has 0 atom stereocenters. The molecule has 0 bridgehead atoms. The molecule has 0 aliphatic heterocycles. The van der Waals surface area contributed by atoms with Gasteiger partial charge in [-0.2, -0.15) is 0 Å². The molecular formula is C13H8B7. The molecule has 0 saturated heterocycles. The van der Waals surface area contributed by atoms with Crippen molar-refractivity contribution in [3.8, 4) is 11.1 Å². The average Bonchev–Trinajstić information content (AvgIpc) is 2.78. The van der Waals surface area contributed by atoms with E-state index in [1.165, 1.54) is 7.06 Å². The Kier molecular flexibility index (Phi) is 3.48. The molecular weight excluding hydrogens is 232 g/mol. The first-order valence-corrected chi connectivity index (χ1v) is 6.65. The number of hydrogen-bond acceptors (Lipinski definition) is 0. The normalized spacial score (nSPS) is 14.2. The van der Waals surface area contributed by atoms with Crippen LogP contribution in [0.2, 0.25) is 0 Å². The van der Waals surface area contributed by atoms with Gasteiger partial charge in [0.25, 0.3) is 0 Å². The zero-order chi connectivity index (χ0) is 14.3. The molecule has 0 unspecified atom stereocenters. The van der Waals surface area contributed by atoms with Crippen LogP contribution in [0.25, 0.3) is 11.1 Å². The lowest BCUT2D eigenvalue weighted by Gasteiger charge is -2.41. The van der Waals surface area contributed by atoms with Crippen LogP contribution in [0.1, 0.15) is 11.1 Å². The van der Waals surface area contributed by atoms with Crippen LogP contribution >= 0.6 is 0 Å². The number of rotatable bonds is 3. The lowest BCUT2D eigenvalue weighted by Crippen LogP contribution is -2.59. The summed E-state index contributed by atoms with van der Waals surface area (Å²) in [6.45, 7) is -1.09. The van der Waals surface area contributed by atoms with E-state index in [0.717, 1.165) is 22.3 Å². The first-order valence-electron chi connectivity index (χ1n) is 6.65. The van der Waals surface area contributed by atoms with Crippen LogP contribution < -0.4 is 0 Å². The predicted octanol–water partition coefficient (Wildman–Crippen LogP) is 0.301. The van der Waals surface area contributed by atoms with Gasteiger partial charge in [0.2, 0.25) is 0 Å². The molecule has 2 aromatic carbocycles. The molecule has 81 valence electrons. The molecule has 2 aromatic rings. The lowest BCUT2D eigenvalue weighted by atomic mass is 8.86. The third kappa shape index (κ3) is 1.65. The van der Waals surface area contributed by atoms with Gasteiger partial charge in [0, 0.05) is 38.0 Å². The third-order valence-electron chi connectivity index (χ3n) is 4.29. The van der Waals surface area contributed by atoms with E-state index in [0.29, 0.717) is 0 Å². The van der Waals surface area contributed by atoms with E-state index in [1.54, 1.807) is 0 Å². The monoisotopic (exact) mass is 241 g/mol. The Morgan fingerprint density at radius 2 is 1.25 bits per heavy atom. The van der Waals surface area contributed by atoms with E-state index < -0.39 is 18.2 Å². The molecule has 0 nitrogen and oxygen atoms in total. The van der Waals surface area contributed by atoms with Crippen LogP contribution in [0.5, 0.6) is 0 Å². The van der Waals surface area contributed by atoms with Crippen molar-refractivity contribution in [2.75, 3.05) is 0 Å². The van der Waals surface area contributed by atoms with Gasteiger partial charge in [-0.05, 0) is 22.3 Å². The predicted molar refractivity (Wildman–Crippen MR) is 92.9 cm³/mol. The van der Waals surface area contributed by atoms with Crippen molar-refractivity contribution in [1.82, 2.24) is 0 Å². The SMILES string of the molecule is [B][B]B([B])C1(B([B])[B])c2ccccc2-c2ccccc21. The van der Waals surface area contributed by atoms with Crippen molar-refractivity contribution >= 4 is 51.0 Å². The smallest absolute Gasteiger partial charge is 0.0532 e. The zero-order valence-corrected chi connectivity index (χ0v) is 11.2. The summed E-state index contributed by atoms with van der Waals surface area (Å²) >= 11 is 0. The molecule has 0 fully saturated rings. The van der Waals surface area contributed by atoms with Gasteiger partial charge in [-0.3, -0.25) is 0 Å². The van der Waals surface area contributed by atoms with Crippen molar-refractivity contribution in [3.63, 3.8) is 0 Å². The highest BCUT2D eigenvalue weighted by Gasteiger charge is 2.47. The maximum atomic E-state index is 6.30. The summed E-state index contributed by atoms with van der Waals surface area (Å²) in [7, 11) is 25.8. The summed E-state index contributed by atoms with van der Waals surface area (Å²) in [4.78, 5) is 0. The Labute approximate surface area is 127 Å². The fourth-order valence-electron chi connectivity index (χ4n) is 3.39. The van der Waals surface area contributed by atoms with Crippen LogP contribution in [-0.4, -0.2) is 51.0 Å². The van der Waals surface area contributed by atoms with E-state index in [-0.39, 0.29) is 0 Å². The van der Waals surface area contributed by atoms with Gasteiger partial charge in [0.1, 0.15) is 0 Å². The Hall–Kier alpha value is -1.11. The van der Waals surface area contributed by atoms with Gasteiger partial charge >= 0.3 is 0 Å². The van der Waals surface area contributed by atoms with Gasteiger partial charge in [0.05, 0.1) is 13.0 Å². The molecule has 1 aliphatic carbocycles. The van der Waals surface area contributed by atoms with E-state index in [2.05, 4.69) is 12.1 Å². The van der Waals surface area contributed by atoms with Crippen molar-refractivity contribution in [2.45, 2.75) is 5.21 Å². The fourth-order valence-corrected chi connectivity index (χ4v) is 3.39. The quantitative estimate of drug-likeness (QED) is 0.677. The molecule has 0 heterocycles. The molecule has 3 rings (SSSR count). The fraction of sp³-hybridized carbons (Fsp3) is 0.0769. The minimum atomic E-state index is -0.679. The van der Waals surface area contributed by atoms with E-state index in [1.807, 2.05) is 36.4 Å². The summed E-state index contributed by atoms with van der Waals surface area (Å²) in [6, 6.07) is 16.2. The average molecular weight is 240 g/mol. The van der Waals surface area contributed by atoms with E-state index >= 15 is 0 Å². The molecule has 9 radical (unpaired) electrons. The first kappa shape index (κ1) is 13.9. The maximum Gasteiger partial charge on any atom is 0.0532 e. The molecule has 7 heteroatoms. The van der Waals surface area contributed by atoms with E-state index in [4.69, 9.17) is 30.9 Å². The highest BCUT2D eigenvalue weighted by Crippen LogP contribution is 2.49. The molecule has 0 N–H and O–H groups in total. The van der Waals surface area contributed by atoms with Crippen LogP contribution in [0, 0.1) is 0 Å². The molecule has 0 aromatic heterocycles. The van der Waals surface area contributed by atoms with Gasteiger partial charge in [-0.15, -0.1) is 0 Å². The summed E-state index contributed by atoms with van der Waals surface area (Å²) < 4.78 is 0. The van der Waals surface area contributed by atoms with E-state index in [9.17, 15) is 0 Å². The second-order valence-corrected chi connectivity index (χ2v) is 5.20. The van der Waals surface area contributed by atoms with Crippen molar-refractivity contribution < 1.29 is 0 Å². The molecule has 0 saturated carbocycles. The van der Waals surface area contributed by atoms with Gasteiger partial charge in [0.15, 0.2) is 0 Å². The maximum absolute atomic E-state index is 6.30.